The highest BCUT2D eigenvalue weighted by molar-refractivity contribution is 5.36. The standard InChI is InChI=1S/C13H16N2O2/c1-2-15-12(5-8-14-15)13(16)7-3-4-11-10(13)6-9-17-11/h5-6,8-9,16H,2-4,7H2,1H3. The Morgan fingerprint density at radius 3 is 3.24 bits per heavy atom. The van der Waals surface area contributed by atoms with E-state index in [4.69, 9.17) is 4.42 Å². The summed E-state index contributed by atoms with van der Waals surface area (Å²) in [5.74, 6) is 0.905. The number of rotatable bonds is 2. The van der Waals surface area contributed by atoms with Crippen molar-refractivity contribution >= 4 is 0 Å². The van der Waals surface area contributed by atoms with Gasteiger partial charge in [0.05, 0.1) is 12.0 Å². The fourth-order valence-electron chi connectivity index (χ4n) is 2.74. The first-order chi connectivity index (χ1) is 8.25. The zero-order valence-electron chi connectivity index (χ0n) is 9.89. The molecule has 1 aliphatic carbocycles. The summed E-state index contributed by atoms with van der Waals surface area (Å²) in [6, 6.07) is 3.77. The molecule has 17 heavy (non-hydrogen) atoms. The van der Waals surface area contributed by atoms with E-state index in [1.807, 2.05) is 23.7 Å². The van der Waals surface area contributed by atoms with Crippen LogP contribution in [0, 0.1) is 0 Å². The molecule has 2 aromatic rings. The summed E-state index contributed by atoms with van der Waals surface area (Å²) >= 11 is 0. The second kappa shape index (κ2) is 3.74. The molecule has 0 saturated carbocycles. The van der Waals surface area contributed by atoms with E-state index in [-0.39, 0.29) is 0 Å². The van der Waals surface area contributed by atoms with Crippen molar-refractivity contribution in [2.24, 2.45) is 0 Å². The number of aromatic nitrogens is 2. The number of nitrogens with zero attached hydrogens (tertiary/aromatic N) is 2. The smallest absolute Gasteiger partial charge is 0.134 e. The van der Waals surface area contributed by atoms with E-state index in [2.05, 4.69) is 5.10 Å². The molecule has 1 aliphatic rings. The van der Waals surface area contributed by atoms with Gasteiger partial charge < -0.3 is 9.52 Å². The van der Waals surface area contributed by atoms with Crippen molar-refractivity contribution in [3.63, 3.8) is 0 Å². The topological polar surface area (TPSA) is 51.2 Å². The third-order valence-electron chi connectivity index (χ3n) is 3.57. The van der Waals surface area contributed by atoms with Crippen LogP contribution in [0.4, 0.5) is 0 Å². The normalized spacial score (nSPS) is 23.6. The van der Waals surface area contributed by atoms with Crippen LogP contribution in [0.2, 0.25) is 0 Å². The molecule has 0 bridgehead atoms. The van der Waals surface area contributed by atoms with Crippen LogP contribution in [0.15, 0.2) is 29.0 Å². The van der Waals surface area contributed by atoms with Gasteiger partial charge in [-0.05, 0) is 31.9 Å². The fraction of sp³-hybridized carbons (Fsp3) is 0.462. The number of furan rings is 1. The van der Waals surface area contributed by atoms with Crippen LogP contribution in [0.3, 0.4) is 0 Å². The Balaban J connectivity index is 2.15. The lowest BCUT2D eigenvalue weighted by Gasteiger charge is -2.32. The maximum absolute atomic E-state index is 11.0. The average molecular weight is 232 g/mol. The highest BCUT2D eigenvalue weighted by Gasteiger charge is 2.40. The third kappa shape index (κ3) is 1.44. The van der Waals surface area contributed by atoms with Gasteiger partial charge in [-0.15, -0.1) is 0 Å². The first kappa shape index (κ1) is 10.6. The van der Waals surface area contributed by atoms with Gasteiger partial charge in [0.25, 0.3) is 0 Å². The lowest BCUT2D eigenvalue weighted by molar-refractivity contribution is 0.0498. The molecular weight excluding hydrogens is 216 g/mol. The van der Waals surface area contributed by atoms with E-state index in [1.54, 1.807) is 12.5 Å². The van der Waals surface area contributed by atoms with Gasteiger partial charge in [-0.25, -0.2) is 0 Å². The van der Waals surface area contributed by atoms with Crippen LogP contribution in [-0.2, 0) is 18.6 Å². The molecular formula is C13H16N2O2. The number of hydrogen-bond donors (Lipinski definition) is 1. The van der Waals surface area contributed by atoms with Crippen molar-refractivity contribution in [1.29, 1.82) is 0 Å². The minimum Gasteiger partial charge on any atom is -0.469 e. The van der Waals surface area contributed by atoms with Crippen molar-refractivity contribution in [2.75, 3.05) is 0 Å². The summed E-state index contributed by atoms with van der Waals surface area (Å²) in [5.41, 5.74) is 0.828. The number of aliphatic hydroxyl groups is 1. The number of fused-ring (bicyclic) bond motifs is 1. The maximum Gasteiger partial charge on any atom is 0.134 e. The minimum atomic E-state index is -0.937. The Labute approximate surface area is 99.9 Å². The highest BCUT2D eigenvalue weighted by Crippen LogP contribution is 2.40. The molecule has 0 spiro atoms. The highest BCUT2D eigenvalue weighted by atomic mass is 16.3. The first-order valence-corrected chi connectivity index (χ1v) is 6.07. The molecule has 0 fully saturated rings. The van der Waals surface area contributed by atoms with Crippen molar-refractivity contribution in [2.45, 2.75) is 38.3 Å². The van der Waals surface area contributed by atoms with E-state index < -0.39 is 5.60 Å². The van der Waals surface area contributed by atoms with Crippen LogP contribution >= 0.6 is 0 Å². The zero-order valence-corrected chi connectivity index (χ0v) is 9.89. The fourth-order valence-corrected chi connectivity index (χ4v) is 2.74. The van der Waals surface area contributed by atoms with Gasteiger partial charge in [0.15, 0.2) is 0 Å². The van der Waals surface area contributed by atoms with E-state index >= 15 is 0 Å². The second-order valence-corrected chi connectivity index (χ2v) is 4.50. The third-order valence-corrected chi connectivity index (χ3v) is 3.57. The molecule has 0 aromatic carbocycles. The van der Waals surface area contributed by atoms with E-state index in [1.165, 1.54) is 0 Å². The SMILES string of the molecule is CCn1nccc1C1(O)CCCc2occc21. The van der Waals surface area contributed by atoms with Crippen LogP contribution in [-0.4, -0.2) is 14.9 Å². The minimum absolute atomic E-state index is 0.727. The average Bonchev–Trinajstić information content (AvgIpc) is 2.98. The van der Waals surface area contributed by atoms with Gasteiger partial charge in [-0.3, -0.25) is 4.68 Å². The van der Waals surface area contributed by atoms with Crippen molar-refractivity contribution in [1.82, 2.24) is 9.78 Å². The van der Waals surface area contributed by atoms with E-state index in [9.17, 15) is 5.11 Å². The van der Waals surface area contributed by atoms with Crippen molar-refractivity contribution in [3.8, 4) is 0 Å². The lowest BCUT2D eigenvalue weighted by Crippen LogP contribution is -2.33. The maximum atomic E-state index is 11.0. The molecule has 0 amide bonds. The second-order valence-electron chi connectivity index (χ2n) is 4.50. The Morgan fingerprint density at radius 1 is 1.53 bits per heavy atom. The molecule has 0 saturated heterocycles. The van der Waals surface area contributed by atoms with Crippen LogP contribution in [0.25, 0.3) is 0 Å². The predicted molar refractivity (Wildman–Crippen MR) is 62.5 cm³/mol. The van der Waals surface area contributed by atoms with Crippen molar-refractivity contribution < 1.29 is 9.52 Å². The largest absolute Gasteiger partial charge is 0.469 e. The molecule has 1 unspecified atom stereocenters. The molecule has 0 aliphatic heterocycles. The van der Waals surface area contributed by atoms with Gasteiger partial charge >= 0.3 is 0 Å². The predicted octanol–water partition coefficient (Wildman–Crippen LogP) is 2.07. The van der Waals surface area contributed by atoms with Gasteiger partial charge in [0.2, 0.25) is 0 Å². The van der Waals surface area contributed by atoms with Crippen LogP contribution < -0.4 is 0 Å². The summed E-state index contributed by atoms with van der Waals surface area (Å²) in [4.78, 5) is 0. The number of hydrogen-bond acceptors (Lipinski definition) is 3. The summed E-state index contributed by atoms with van der Waals surface area (Å²) in [5, 5.41) is 15.2. The summed E-state index contributed by atoms with van der Waals surface area (Å²) in [7, 11) is 0. The molecule has 2 heterocycles. The molecule has 2 aromatic heterocycles. The quantitative estimate of drug-likeness (QED) is 0.862. The summed E-state index contributed by atoms with van der Waals surface area (Å²) < 4.78 is 7.28. The first-order valence-electron chi connectivity index (χ1n) is 6.07. The molecule has 3 rings (SSSR count). The molecule has 0 radical (unpaired) electrons. The summed E-state index contributed by atoms with van der Waals surface area (Å²) in [6.07, 6.45) is 5.97. The van der Waals surface area contributed by atoms with E-state index in [0.717, 1.165) is 42.8 Å². The van der Waals surface area contributed by atoms with Crippen LogP contribution in [0.5, 0.6) is 0 Å². The summed E-state index contributed by atoms with van der Waals surface area (Å²) in [6.45, 7) is 2.79. The van der Waals surface area contributed by atoms with Gasteiger partial charge in [0, 0.05) is 24.7 Å². The van der Waals surface area contributed by atoms with Gasteiger partial charge in [-0.1, -0.05) is 0 Å². The molecule has 4 nitrogen and oxygen atoms in total. The Morgan fingerprint density at radius 2 is 2.41 bits per heavy atom. The molecule has 90 valence electrons. The molecule has 1 atom stereocenters. The zero-order chi connectivity index (χ0) is 11.9. The van der Waals surface area contributed by atoms with Crippen LogP contribution in [0.1, 0.15) is 36.8 Å². The number of aryl methyl sites for hydroxylation is 2. The Bertz CT molecular complexity index is 529. The lowest BCUT2D eigenvalue weighted by atomic mass is 9.80. The molecule has 4 heteroatoms. The van der Waals surface area contributed by atoms with Crippen molar-refractivity contribution in [3.05, 3.63) is 41.6 Å². The van der Waals surface area contributed by atoms with E-state index in [0.29, 0.717) is 0 Å². The monoisotopic (exact) mass is 232 g/mol. The van der Waals surface area contributed by atoms with Gasteiger partial charge in [-0.2, -0.15) is 5.10 Å². The molecule has 1 N–H and O–H groups in total. The Hall–Kier alpha value is -1.55. The van der Waals surface area contributed by atoms with Gasteiger partial charge in [0.1, 0.15) is 11.4 Å². The Kier molecular flexibility index (Phi) is 2.33.